The number of aryl methyl sites for hydroxylation is 2. The monoisotopic (exact) mass is 781 g/mol. The van der Waals surface area contributed by atoms with Gasteiger partial charge in [-0.1, -0.05) is 225 Å². The van der Waals surface area contributed by atoms with E-state index in [0.717, 1.165) is 19.5 Å². The largest absolute Gasteiger partial charge is 0.341 e. The van der Waals surface area contributed by atoms with Crippen LogP contribution in [0.2, 0.25) is 0 Å². The van der Waals surface area contributed by atoms with Crippen LogP contribution < -0.4 is 0 Å². The molecule has 0 saturated heterocycles. The molecule has 2 heteroatoms. The van der Waals surface area contributed by atoms with Gasteiger partial charge in [-0.15, -0.1) is 0 Å². The van der Waals surface area contributed by atoms with Crippen molar-refractivity contribution >= 4 is 43.6 Å². The van der Waals surface area contributed by atoms with Crippen LogP contribution in [0, 0.1) is 0 Å². The van der Waals surface area contributed by atoms with E-state index < -0.39 is 0 Å². The van der Waals surface area contributed by atoms with Gasteiger partial charge in [0.2, 0.25) is 0 Å². The van der Waals surface area contributed by atoms with Crippen LogP contribution >= 0.6 is 0 Å². The van der Waals surface area contributed by atoms with E-state index >= 15 is 0 Å². The molecule has 0 amide bonds. The second-order valence-electron chi connectivity index (χ2n) is 11.8. The molecule has 1 aliphatic carbocycles. The van der Waals surface area contributed by atoms with Gasteiger partial charge in [0, 0.05) is 56.7 Å². The van der Waals surface area contributed by atoms with Gasteiger partial charge in [-0.25, -0.2) is 0 Å². The average Bonchev–Trinajstić information content (AvgIpc) is 3.98. The first-order chi connectivity index (χ1) is 28.7. The summed E-state index contributed by atoms with van der Waals surface area (Å²) in [7, 11) is 0. The Morgan fingerprint density at radius 1 is 0.310 bits per heavy atom. The topological polar surface area (TPSA) is 9.86 Å². The quantitative estimate of drug-likeness (QED) is 0.165. The zero-order valence-corrected chi connectivity index (χ0v) is 39.6. The highest BCUT2D eigenvalue weighted by molar-refractivity contribution is 6.08. The molecule has 8 aromatic rings. The first-order valence-corrected chi connectivity index (χ1v) is 22.8. The molecule has 0 N–H and O–H groups in total. The molecule has 0 bridgehead atoms. The maximum Gasteiger partial charge on any atom is 0.0491 e. The van der Waals surface area contributed by atoms with E-state index in [1.165, 1.54) is 72.3 Å². The van der Waals surface area contributed by atoms with Crippen LogP contribution in [0.25, 0.3) is 54.7 Å². The highest BCUT2D eigenvalue weighted by Crippen LogP contribution is 2.35. The maximum absolute atomic E-state index is 2.37. The fourth-order valence-corrected chi connectivity index (χ4v) is 6.77. The Kier molecular flexibility index (Phi) is 29.1. The van der Waals surface area contributed by atoms with E-state index in [2.05, 4.69) is 182 Å². The molecule has 314 valence electrons. The van der Waals surface area contributed by atoms with Crippen molar-refractivity contribution in [1.29, 1.82) is 0 Å². The summed E-state index contributed by atoms with van der Waals surface area (Å²) in [4.78, 5) is 0. The minimum atomic E-state index is 1.02. The number of benzene rings is 6. The Morgan fingerprint density at radius 2 is 0.517 bits per heavy atom. The van der Waals surface area contributed by atoms with E-state index in [-0.39, 0.29) is 0 Å². The Balaban J connectivity index is 0.000000722. The number of hydrogen-bond acceptors (Lipinski definition) is 0. The highest BCUT2D eigenvalue weighted by Gasteiger charge is 2.16. The number of hydrogen-bond donors (Lipinski definition) is 0. The molecule has 0 fully saturated rings. The Hall–Kier alpha value is -5.08. The van der Waals surface area contributed by atoms with Crippen molar-refractivity contribution in [3.63, 3.8) is 0 Å². The molecule has 2 nitrogen and oxygen atoms in total. The fraction of sp³-hybridized carbons (Fsp3) is 0.357. The van der Waals surface area contributed by atoms with E-state index in [9.17, 15) is 0 Å². The van der Waals surface area contributed by atoms with Gasteiger partial charge in [0.15, 0.2) is 0 Å². The molecule has 6 aromatic carbocycles. The van der Waals surface area contributed by atoms with Gasteiger partial charge in [-0.05, 0) is 66.8 Å². The molecule has 2 heterocycles. The minimum Gasteiger partial charge on any atom is -0.341 e. The second-order valence-corrected chi connectivity index (χ2v) is 11.8. The predicted octanol–water partition coefficient (Wildman–Crippen LogP) is 18.5. The van der Waals surface area contributed by atoms with Gasteiger partial charge in [0.1, 0.15) is 0 Å². The lowest BCUT2D eigenvalue weighted by Gasteiger charge is -2.01. The Morgan fingerprint density at radius 3 is 0.759 bits per heavy atom. The van der Waals surface area contributed by atoms with Crippen molar-refractivity contribution in [3.8, 4) is 11.1 Å². The normalized spacial score (nSPS) is 9.52. The average molecular weight is 781 g/mol. The maximum atomic E-state index is 2.37. The van der Waals surface area contributed by atoms with E-state index in [4.69, 9.17) is 0 Å². The van der Waals surface area contributed by atoms with E-state index in [0.29, 0.717) is 0 Å². The van der Waals surface area contributed by atoms with Crippen LogP contribution in [0.5, 0.6) is 0 Å². The number of para-hydroxylation sites is 4. The third kappa shape index (κ3) is 13.5. The van der Waals surface area contributed by atoms with E-state index in [1.54, 1.807) is 0 Å². The van der Waals surface area contributed by atoms with Gasteiger partial charge in [-0.2, -0.15) is 0 Å². The molecule has 0 spiro atoms. The molecule has 2 aromatic heterocycles. The van der Waals surface area contributed by atoms with Crippen LogP contribution in [0.4, 0.5) is 0 Å². The van der Waals surface area contributed by atoms with Crippen molar-refractivity contribution in [1.82, 2.24) is 9.13 Å². The molecule has 0 aliphatic heterocycles. The van der Waals surface area contributed by atoms with Gasteiger partial charge in [-0.3, -0.25) is 0 Å². The third-order valence-corrected chi connectivity index (χ3v) is 8.70. The highest BCUT2D eigenvalue weighted by atomic mass is 15.0. The Labute approximate surface area is 356 Å². The summed E-state index contributed by atoms with van der Waals surface area (Å²) >= 11 is 0. The van der Waals surface area contributed by atoms with Gasteiger partial charge in [0.05, 0.1) is 0 Å². The molecule has 0 unspecified atom stereocenters. The summed E-state index contributed by atoms with van der Waals surface area (Å²) in [6, 6.07) is 51.7. The summed E-state index contributed by atoms with van der Waals surface area (Å²) in [6.07, 6.45) is 2.35. The van der Waals surface area contributed by atoms with Crippen LogP contribution in [-0.4, -0.2) is 9.13 Å². The lowest BCUT2D eigenvalue weighted by Crippen LogP contribution is -1.91. The zero-order valence-electron chi connectivity index (χ0n) is 39.6. The summed E-state index contributed by atoms with van der Waals surface area (Å²) in [6.45, 7) is 34.7. The minimum absolute atomic E-state index is 1.02. The zero-order chi connectivity index (χ0) is 43.9. The van der Waals surface area contributed by atoms with Gasteiger partial charge in [0.25, 0.3) is 0 Å². The standard InChI is InChI=1S/2C14H13N.C13H10.C3H8.6C2H6/c2*1-2-15-13-9-5-3-7-11(13)12-8-4-6-10-14(12)15;1-3-7-12-10(5-1)9-11-6-2-4-8-13(11)12;1-3-2;6*1-2/h2*3-10H,2H2,1H3;1-8H,9H2;3H2,1-2H3;6*1-2H3. The first-order valence-electron chi connectivity index (χ1n) is 22.8. The number of fused-ring (bicyclic) bond motifs is 9. The molecular formula is C56H80N2. The molecule has 1 aliphatic rings. The van der Waals surface area contributed by atoms with Gasteiger partial charge >= 0.3 is 0 Å². The number of nitrogens with zero attached hydrogens (tertiary/aromatic N) is 2. The molecule has 0 atom stereocenters. The summed E-state index contributed by atoms with van der Waals surface area (Å²) in [5, 5.41) is 5.43. The van der Waals surface area contributed by atoms with Crippen molar-refractivity contribution in [2.24, 2.45) is 0 Å². The lowest BCUT2D eigenvalue weighted by atomic mass is 10.1. The third-order valence-electron chi connectivity index (χ3n) is 8.70. The second kappa shape index (κ2) is 31.9. The number of rotatable bonds is 2. The Bertz CT molecular complexity index is 1950. The van der Waals surface area contributed by atoms with Crippen LogP contribution in [0.15, 0.2) is 146 Å². The van der Waals surface area contributed by atoms with E-state index in [1.807, 2.05) is 83.1 Å². The molecule has 9 rings (SSSR count). The first kappa shape index (κ1) is 52.9. The predicted molar refractivity (Wildman–Crippen MR) is 269 cm³/mol. The van der Waals surface area contributed by atoms with Crippen LogP contribution in [0.1, 0.15) is 128 Å². The fourth-order valence-electron chi connectivity index (χ4n) is 6.77. The van der Waals surface area contributed by atoms with Crippen molar-refractivity contribution in [3.05, 3.63) is 157 Å². The summed E-state index contributed by atoms with van der Waals surface area (Å²) in [5.74, 6) is 0. The SMILES string of the molecule is CC.CC.CC.CC.CC.CC.CCC.CCn1c2ccccc2c2ccccc21.CCn1c2ccccc2c2ccccc21.c1ccc2c(c1)Cc1ccccc1-2. The summed E-state index contributed by atoms with van der Waals surface area (Å²) in [5.41, 5.74) is 11.1. The van der Waals surface area contributed by atoms with Crippen molar-refractivity contribution in [2.75, 3.05) is 0 Å². The smallest absolute Gasteiger partial charge is 0.0491 e. The summed E-state index contributed by atoms with van der Waals surface area (Å²) < 4.78 is 4.73. The molecular weight excluding hydrogens is 701 g/mol. The van der Waals surface area contributed by atoms with Crippen LogP contribution in [0.3, 0.4) is 0 Å². The van der Waals surface area contributed by atoms with Crippen molar-refractivity contribution < 1.29 is 0 Å². The number of aromatic nitrogens is 2. The molecule has 0 saturated carbocycles. The lowest BCUT2D eigenvalue weighted by molar-refractivity contribution is 0.827. The van der Waals surface area contributed by atoms with Crippen LogP contribution in [-0.2, 0) is 19.5 Å². The van der Waals surface area contributed by atoms with Crippen molar-refractivity contribution in [2.45, 2.75) is 137 Å². The molecule has 0 radical (unpaired) electrons. The van der Waals surface area contributed by atoms with Gasteiger partial charge < -0.3 is 9.13 Å². The molecule has 58 heavy (non-hydrogen) atoms.